The molecule has 0 saturated carbocycles. The molecule has 0 spiro atoms. The molecular formula is C62H109N3O15. The van der Waals surface area contributed by atoms with Crippen LogP contribution in [-0.2, 0) is 23.8 Å². The molecule has 2 heterocycles. The molecule has 0 aromatic carbocycles. The van der Waals surface area contributed by atoms with Crippen LogP contribution in [0.3, 0.4) is 0 Å². The summed E-state index contributed by atoms with van der Waals surface area (Å²) in [5.74, 6) is -4.18. The van der Waals surface area contributed by atoms with Gasteiger partial charge in [-0.15, -0.1) is 0 Å². The second kappa shape index (κ2) is 38.3. The molecule has 0 aliphatic carbocycles. The van der Waals surface area contributed by atoms with Gasteiger partial charge in [0, 0.05) is 88.9 Å². The summed E-state index contributed by atoms with van der Waals surface area (Å²) >= 11 is 0. The number of guanidine groups is 1. The summed E-state index contributed by atoms with van der Waals surface area (Å²) in [4.78, 5) is 31.0. The zero-order valence-electron chi connectivity index (χ0n) is 50.4. The van der Waals surface area contributed by atoms with Gasteiger partial charge in [-0.3, -0.25) is 9.79 Å². The van der Waals surface area contributed by atoms with E-state index in [1.54, 1.807) is 72.0 Å². The highest BCUT2D eigenvalue weighted by atomic mass is 16.7. The minimum absolute atomic E-state index is 0.0323. The van der Waals surface area contributed by atoms with E-state index in [2.05, 4.69) is 48.5 Å². The number of aliphatic hydroxyl groups excluding tert-OH is 9. The van der Waals surface area contributed by atoms with Gasteiger partial charge in [0.1, 0.15) is 18.3 Å². The van der Waals surface area contributed by atoms with E-state index in [4.69, 9.17) is 14.2 Å². The SMILES string of the molecule is CN=C(NC)NCCC/C=C/CCC[C@H](C)[C@@H]1OC(=O)/C(C)=C\C=C\[C@@H](C)[C@@H](O)C[C@@H](O)[C@H](C)[C@H](O)CC[C@H](C)[C@@H](O)C[C@@]2(O)O[C@@H](C[C@H](OC(=O)CCCCC(C)C)C[C@@H](O)C[C@H](O)C[C@@H](O)/C(C)=C/C=C/[C@H]1C)C[C@@H](O)[C@@H]2O. The first-order valence-electron chi connectivity index (χ1n) is 29.9. The van der Waals surface area contributed by atoms with Crippen molar-refractivity contribution >= 4 is 17.9 Å². The zero-order valence-corrected chi connectivity index (χ0v) is 50.4. The molecule has 0 unspecified atom stereocenters. The molecule has 2 aliphatic rings. The first kappa shape index (κ1) is 72.6. The van der Waals surface area contributed by atoms with Crippen LogP contribution < -0.4 is 10.6 Å². The van der Waals surface area contributed by atoms with Crippen LogP contribution in [-0.4, -0.2) is 169 Å². The quantitative estimate of drug-likeness (QED) is 0.0279. The fourth-order valence-electron chi connectivity index (χ4n) is 10.3. The van der Waals surface area contributed by atoms with Gasteiger partial charge in [-0.25, -0.2) is 4.79 Å². The number of ether oxygens (including phenoxy) is 3. The van der Waals surface area contributed by atoms with E-state index in [1.807, 2.05) is 20.0 Å². The van der Waals surface area contributed by atoms with Gasteiger partial charge < -0.3 is 75.9 Å². The number of fused-ring (bicyclic) bond motifs is 2. The second-order valence-electron chi connectivity index (χ2n) is 23.9. The number of esters is 2. The maximum absolute atomic E-state index is 13.7. The van der Waals surface area contributed by atoms with Crippen molar-refractivity contribution in [3.8, 4) is 0 Å². The molecule has 12 N–H and O–H groups in total. The number of nitrogens with zero attached hydrogens (tertiary/aromatic N) is 1. The number of cyclic esters (lactones) is 1. The largest absolute Gasteiger partial charge is 0.462 e. The Morgan fingerprint density at radius 2 is 1.41 bits per heavy atom. The number of unbranched alkanes of at least 4 members (excludes halogenated alkanes) is 3. The minimum Gasteiger partial charge on any atom is -0.462 e. The Morgan fingerprint density at radius 3 is 2.08 bits per heavy atom. The molecule has 18 nitrogen and oxygen atoms in total. The summed E-state index contributed by atoms with van der Waals surface area (Å²) in [6, 6.07) is 0. The van der Waals surface area contributed by atoms with E-state index in [0.717, 1.165) is 57.5 Å². The van der Waals surface area contributed by atoms with Gasteiger partial charge in [0.25, 0.3) is 0 Å². The third-order valence-electron chi connectivity index (χ3n) is 16.1. The number of hydrogen-bond acceptors (Lipinski definition) is 16. The van der Waals surface area contributed by atoms with Crippen LogP contribution in [0.1, 0.15) is 178 Å². The van der Waals surface area contributed by atoms with Gasteiger partial charge in [0.2, 0.25) is 0 Å². The number of allylic oxidation sites excluding steroid dienone is 6. The van der Waals surface area contributed by atoms with Crippen molar-refractivity contribution in [2.24, 2.45) is 40.5 Å². The molecule has 2 aliphatic heterocycles. The molecule has 0 aromatic rings. The van der Waals surface area contributed by atoms with Crippen molar-refractivity contribution in [3.05, 3.63) is 59.8 Å². The second-order valence-corrected chi connectivity index (χ2v) is 23.9. The molecule has 0 amide bonds. The Hall–Kier alpha value is -3.53. The summed E-state index contributed by atoms with van der Waals surface area (Å²) < 4.78 is 18.2. The fraction of sp³-hybridized carbons (Fsp3) is 0.790. The molecule has 1 fully saturated rings. The van der Waals surface area contributed by atoms with E-state index >= 15 is 0 Å². The summed E-state index contributed by atoms with van der Waals surface area (Å²) in [7, 11) is 3.55. The van der Waals surface area contributed by atoms with Gasteiger partial charge in [-0.2, -0.15) is 0 Å². The molecule has 18 heteroatoms. The third kappa shape index (κ3) is 27.7. The van der Waals surface area contributed by atoms with Gasteiger partial charge in [0.05, 0.1) is 54.9 Å². The van der Waals surface area contributed by atoms with Crippen molar-refractivity contribution < 1.29 is 74.9 Å². The highest BCUT2D eigenvalue weighted by molar-refractivity contribution is 5.88. The van der Waals surface area contributed by atoms with Crippen molar-refractivity contribution in [1.29, 1.82) is 0 Å². The number of nitrogens with one attached hydrogen (secondary N) is 2. The lowest BCUT2D eigenvalue weighted by Crippen LogP contribution is -2.60. The molecule has 0 radical (unpaired) electrons. The fourth-order valence-corrected chi connectivity index (χ4v) is 10.3. The highest BCUT2D eigenvalue weighted by Crippen LogP contribution is 2.36. The van der Waals surface area contributed by atoms with Gasteiger partial charge in [-0.1, -0.05) is 110 Å². The topological polar surface area (TPSA) is 301 Å². The molecule has 1 saturated heterocycles. The van der Waals surface area contributed by atoms with Crippen LogP contribution in [0.4, 0.5) is 0 Å². The van der Waals surface area contributed by atoms with Crippen LogP contribution in [0.25, 0.3) is 0 Å². The number of carbonyl (C=O) groups is 2. The molecule has 18 atom stereocenters. The summed E-state index contributed by atoms with van der Waals surface area (Å²) in [6.07, 6.45) is 7.07. The van der Waals surface area contributed by atoms with Gasteiger partial charge >= 0.3 is 11.9 Å². The smallest absolute Gasteiger partial charge is 0.334 e. The number of aliphatic hydroxyl groups is 10. The molecule has 462 valence electrons. The molecule has 2 bridgehead atoms. The monoisotopic (exact) mass is 1140 g/mol. The van der Waals surface area contributed by atoms with Crippen LogP contribution in [0.5, 0.6) is 0 Å². The third-order valence-corrected chi connectivity index (χ3v) is 16.1. The summed E-state index contributed by atoms with van der Waals surface area (Å²) in [5.41, 5.74) is 0.890. The Balaban J connectivity index is 2.44. The van der Waals surface area contributed by atoms with Gasteiger partial charge in [-0.05, 0) is 95.0 Å². The lowest BCUT2D eigenvalue weighted by Gasteiger charge is -2.45. The van der Waals surface area contributed by atoms with Crippen molar-refractivity contribution in [2.45, 2.75) is 257 Å². The van der Waals surface area contributed by atoms with Crippen molar-refractivity contribution in [1.82, 2.24) is 10.6 Å². The normalized spacial score (nSPS) is 36.8. The van der Waals surface area contributed by atoms with Crippen molar-refractivity contribution in [2.75, 3.05) is 20.6 Å². The van der Waals surface area contributed by atoms with E-state index in [0.29, 0.717) is 23.5 Å². The maximum atomic E-state index is 13.7. The van der Waals surface area contributed by atoms with Crippen LogP contribution in [0.2, 0.25) is 0 Å². The Morgan fingerprint density at radius 1 is 0.762 bits per heavy atom. The average molecular weight is 1140 g/mol. The number of rotatable bonds is 15. The summed E-state index contributed by atoms with van der Waals surface area (Å²) in [5, 5.41) is 119. The predicted octanol–water partition coefficient (Wildman–Crippen LogP) is 6.37. The average Bonchev–Trinajstić information content (AvgIpc) is 3.39. The number of carbonyl (C=O) groups excluding carboxylic acids is 2. The summed E-state index contributed by atoms with van der Waals surface area (Å²) in [6.45, 7) is 17.5. The Labute approximate surface area is 479 Å². The van der Waals surface area contributed by atoms with Crippen molar-refractivity contribution in [3.63, 3.8) is 0 Å². The zero-order chi connectivity index (χ0) is 60.1. The molecule has 80 heavy (non-hydrogen) atoms. The van der Waals surface area contributed by atoms with E-state index in [9.17, 15) is 60.7 Å². The minimum atomic E-state index is -2.43. The first-order chi connectivity index (χ1) is 37.7. The predicted molar refractivity (Wildman–Crippen MR) is 313 cm³/mol. The molecular weight excluding hydrogens is 1030 g/mol. The lowest BCUT2D eigenvalue weighted by molar-refractivity contribution is -0.333. The number of aliphatic imine (C=N–C) groups is 1. The number of hydrogen-bond donors (Lipinski definition) is 12. The van der Waals surface area contributed by atoms with E-state index < -0.39 is 115 Å². The van der Waals surface area contributed by atoms with Crippen LogP contribution in [0, 0.1) is 35.5 Å². The maximum Gasteiger partial charge on any atom is 0.334 e. The lowest BCUT2D eigenvalue weighted by atomic mass is 9.84. The van der Waals surface area contributed by atoms with Crippen LogP contribution in [0.15, 0.2) is 64.7 Å². The molecule has 0 aromatic heterocycles. The Bertz CT molecular complexity index is 1940. The highest BCUT2D eigenvalue weighted by Gasteiger charge is 2.50. The van der Waals surface area contributed by atoms with E-state index in [1.165, 1.54) is 0 Å². The Kier molecular flexibility index (Phi) is 34.8. The molecule has 2 rings (SSSR count). The van der Waals surface area contributed by atoms with Gasteiger partial charge in [0.15, 0.2) is 11.7 Å². The van der Waals surface area contributed by atoms with Crippen LogP contribution >= 0.6 is 0 Å². The van der Waals surface area contributed by atoms with E-state index in [-0.39, 0.29) is 69.6 Å². The standard InChI is InChI=1S/C62H109N3O15/c1-39(2)22-17-18-28-57(74)78-49-33-47(66)32-48(67)34-52(69)40(3)24-20-26-44(7)58(43(6)23-16-14-12-13-15-19-31-65-61(63-10)64-11)79-60(76)45(8)27-21-25-41(4)53(70)37-54(71)46(9)51(68)30-29-42(5)56(73)38-62(77)59(75)55(72)36-50(35-49)80-62/h12-13,20-21,24-27,39,41-44,46-56,58-59,66-73,75,77H,14-19,22-23,28-38H2,1-11H3,(H2,63,64,65)/b13-12+,25-21+,26-20+,40-24+,45-27-/t41-,42+,43+,44-,46-,47+,48+,49-,50+,51-,52-,53+,54-,55-,56+,58+,59+,62-/m1/s1. The first-order valence-corrected chi connectivity index (χ1v) is 29.9.